The van der Waals surface area contributed by atoms with Crippen molar-refractivity contribution in [3.63, 3.8) is 0 Å². The summed E-state index contributed by atoms with van der Waals surface area (Å²) in [6, 6.07) is 9.37. The quantitative estimate of drug-likeness (QED) is 0.722. The number of rotatable bonds is 2. The van der Waals surface area contributed by atoms with Crippen LogP contribution in [0.3, 0.4) is 0 Å². The molecule has 3 rings (SSSR count). The summed E-state index contributed by atoms with van der Waals surface area (Å²) < 4.78 is 0. The normalized spacial score (nSPS) is 21.9. The number of benzene rings is 1. The van der Waals surface area contributed by atoms with Gasteiger partial charge in [0.1, 0.15) is 0 Å². The van der Waals surface area contributed by atoms with Gasteiger partial charge in [0.15, 0.2) is 0 Å². The molecule has 0 radical (unpaired) electrons. The van der Waals surface area contributed by atoms with Crippen LogP contribution in [-0.2, 0) is 0 Å². The highest BCUT2D eigenvalue weighted by atomic mass is 15.1. The zero-order valence-electron chi connectivity index (χ0n) is 9.99. The predicted octanol–water partition coefficient (Wildman–Crippen LogP) is 3.94. The van der Waals surface area contributed by atoms with Gasteiger partial charge in [-0.2, -0.15) is 0 Å². The lowest BCUT2D eigenvalue weighted by Crippen LogP contribution is -2.29. The third-order valence-corrected chi connectivity index (χ3v) is 4.19. The molecule has 1 saturated carbocycles. The van der Waals surface area contributed by atoms with E-state index in [0.29, 0.717) is 0 Å². The average molecular weight is 215 g/mol. The van der Waals surface area contributed by atoms with Crippen LogP contribution in [0, 0.1) is 0 Å². The van der Waals surface area contributed by atoms with Crippen LogP contribution in [0.4, 0.5) is 5.69 Å². The maximum absolute atomic E-state index is 2.54. The van der Waals surface area contributed by atoms with Crippen molar-refractivity contribution in [2.45, 2.75) is 44.4 Å². The lowest BCUT2D eigenvalue weighted by atomic mass is 9.80. The van der Waals surface area contributed by atoms with E-state index in [1.54, 1.807) is 5.56 Å². The highest BCUT2D eigenvalue weighted by molar-refractivity contribution is 5.48. The molecule has 0 bridgehead atoms. The van der Waals surface area contributed by atoms with Crippen molar-refractivity contribution in [3.05, 3.63) is 29.8 Å². The molecule has 1 aliphatic heterocycles. The number of piperidine rings is 1. The molecule has 1 aromatic rings. The van der Waals surface area contributed by atoms with Gasteiger partial charge in [-0.15, -0.1) is 0 Å². The van der Waals surface area contributed by atoms with Crippen LogP contribution in [0.1, 0.15) is 50.0 Å². The molecule has 2 fully saturated rings. The number of hydrogen-bond donors (Lipinski definition) is 0. The Labute approximate surface area is 98.5 Å². The largest absolute Gasteiger partial charge is 0.372 e. The molecular weight excluding hydrogens is 194 g/mol. The topological polar surface area (TPSA) is 3.24 Å². The van der Waals surface area contributed by atoms with E-state index in [9.17, 15) is 0 Å². The molecule has 86 valence electrons. The van der Waals surface area contributed by atoms with Crippen LogP contribution in [0.5, 0.6) is 0 Å². The van der Waals surface area contributed by atoms with E-state index in [-0.39, 0.29) is 0 Å². The summed E-state index contributed by atoms with van der Waals surface area (Å²) in [7, 11) is 0. The van der Waals surface area contributed by atoms with Gasteiger partial charge in [-0.05, 0) is 55.7 Å². The third kappa shape index (κ3) is 1.95. The summed E-state index contributed by atoms with van der Waals surface area (Å²) in [5, 5.41) is 0. The van der Waals surface area contributed by atoms with E-state index in [0.717, 1.165) is 5.92 Å². The van der Waals surface area contributed by atoms with Crippen LogP contribution < -0.4 is 4.90 Å². The summed E-state index contributed by atoms with van der Waals surface area (Å²) in [6.45, 7) is 2.51. The van der Waals surface area contributed by atoms with Gasteiger partial charge in [0.25, 0.3) is 0 Å². The molecular formula is C15H21N. The second-order valence-corrected chi connectivity index (χ2v) is 5.27. The highest BCUT2D eigenvalue weighted by Gasteiger charge is 2.19. The molecule has 0 unspecified atom stereocenters. The minimum Gasteiger partial charge on any atom is -0.372 e. The molecule has 0 spiro atoms. The summed E-state index contributed by atoms with van der Waals surface area (Å²) in [5.41, 5.74) is 3.00. The van der Waals surface area contributed by atoms with Gasteiger partial charge in [0.05, 0.1) is 0 Å². The molecule has 0 amide bonds. The molecule has 1 heterocycles. The molecule has 1 heteroatoms. The van der Waals surface area contributed by atoms with Gasteiger partial charge in [-0.1, -0.05) is 18.6 Å². The van der Waals surface area contributed by atoms with Crippen molar-refractivity contribution in [2.75, 3.05) is 18.0 Å². The molecule has 0 atom stereocenters. The molecule has 16 heavy (non-hydrogen) atoms. The second-order valence-electron chi connectivity index (χ2n) is 5.27. The first kappa shape index (κ1) is 10.2. The summed E-state index contributed by atoms with van der Waals surface area (Å²) in [4.78, 5) is 2.54. The second kappa shape index (κ2) is 4.48. The number of anilines is 1. The maximum Gasteiger partial charge on any atom is 0.0366 e. The molecule has 1 aliphatic carbocycles. The highest BCUT2D eigenvalue weighted by Crippen LogP contribution is 2.36. The molecule has 0 N–H and O–H groups in total. The van der Waals surface area contributed by atoms with Crippen LogP contribution in [-0.4, -0.2) is 13.1 Å². The van der Waals surface area contributed by atoms with Crippen molar-refractivity contribution in [1.82, 2.24) is 0 Å². The minimum absolute atomic E-state index is 0.871. The standard InChI is InChI=1S/C15H21N/c1-2-11-16(12-3-1)15-9-7-14(8-10-15)13-5-4-6-13/h7-10,13H,1-6,11-12H2. The molecule has 2 aliphatic rings. The minimum atomic E-state index is 0.871. The van der Waals surface area contributed by atoms with E-state index >= 15 is 0 Å². The van der Waals surface area contributed by atoms with Gasteiger partial charge in [-0.3, -0.25) is 0 Å². The van der Waals surface area contributed by atoms with Gasteiger partial charge < -0.3 is 4.90 Å². The van der Waals surface area contributed by atoms with Crippen LogP contribution in [0.15, 0.2) is 24.3 Å². The Morgan fingerprint density at radius 1 is 0.812 bits per heavy atom. The Morgan fingerprint density at radius 3 is 2.06 bits per heavy atom. The van der Waals surface area contributed by atoms with Crippen LogP contribution >= 0.6 is 0 Å². The third-order valence-electron chi connectivity index (χ3n) is 4.19. The van der Waals surface area contributed by atoms with E-state index in [4.69, 9.17) is 0 Å². The lowest BCUT2D eigenvalue weighted by Gasteiger charge is -2.30. The summed E-state index contributed by atoms with van der Waals surface area (Å²) in [5.74, 6) is 0.871. The fraction of sp³-hybridized carbons (Fsp3) is 0.600. The van der Waals surface area contributed by atoms with Crippen molar-refractivity contribution in [1.29, 1.82) is 0 Å². The maximum atomic E-state index is 2.54. The van der Waals surface area contributed by atoms with Gasteiger partial charge >= 0.3 is 0 Å². The van der Waals surface area contributed by atoms with Crippen molar-refractivity contribution >= 4 is 5.69 Å². The lowest BCUT2D eigenvalue weighted by molar-refractivity contribution is 0.420. The summed E-state index contributed by atoms with van der Waals surface area (Å²) in [6.07, 6.45) is 8.38. The van der Waals surface area contributed by atoms with E-state index in [1.807, 2.05) is 0 Å². The smallest absolute Gasteiger partial charge is 0.0366 e. The SMILES string of the molecule is c1cc(N2CCCCC2)ccc1C1CCC1. The first-order valence-electron chi connectivity index (χ1n) is 6.78. The van der Waals surface area contributed by atoms with Crippen LogP contribution in [0.25, 0.3) is 0 Å². The zero-order valence-corrected chi connectivity index (χ0v) is 9.99. The van der Waals surface area contributed by atoms with Gasteiger partial charge in [0, 0.05) is 18.8 Å². The molecule has 1 saturated heterocycles. The van der Waals surface area contributed by atoms with E-state index in [1.165, 1.54) is 57.3 Å². The van der Waals surface area contributed by atoms with Crippen LogP contribution in [0.2, 0.25) is 0 Å². The van der Waals surface area contributed by atoms with Crippen molar-refractivity contribution in [2.24, 2.45) is 0 Å². The Kier molecular flexibility index (Phi) is 2.86. The van der Waals surface area contributed by atoms with E-state index < -0.39 is 0 Å². The monoisotopic (exact) mass is 215 g/mol. The molecule has 1 nitrogen and oxygen atoms in total. The van der Waals surface area contributed by atoms with E-state index in [2.05, 4.69) is 29.2 Å². The molecule has 1 aromatic carbocycles. The Hall–Kier alpha value is -0.980. The van der Waals surface area contributed by atoms with Crippen molar-refractivity contribution in [3.8, 4) is 0 Å². The zero-order chi connectivity index (χ0) is 10.8. The van der Waals surface area contributed by atoms with Gasteiger partial charge in [0.2, 0.25) is 0 Å². The number of nitrogens with zero attached hydrogens (tertiary/aromatic N) is 1. The average Bonchev–Trinajstić information content (AvgIpc) is 2.29. The Morgan fingerprint density at radius 2 is 1.50 bits per heavy atom. The first-order chi connectivity index (χ1) is 7.93. The molecule has 0 aromatic heterocycles. The summed E-state index contributed by atoms with van der Waals surface area (Å²) >= 11 is 0. The van der Waals surface area contributed by atoms with Gasteiger partial charge in [-0.25, -0.2) is 0 Å². The Bertz CT molecular complexity index is 331. The fourth-order valence-electron chi connectivity index (χ4n) is 2.85. The van der Waals surface area contributed by atoms with Crippen molar-refractivity contribution < 1.29 is 0 Å². The number of hydrogen-bond acceptors (Lipinski definition) is 1. The predicted molar refractivity (Wildman–Crippen MR) is 69.1 cm³/mol. The fourth-order valence-corrected chi connectivity index (χ4v) is 2.85. The first-order valence-corrected chi connectivity index (χ1v) is 6.78. The Balaban J connectivity index is 1.70.